The van der Waals surface area contributed by atoms with Gasteiger partial charge in [-0.2, -0.15) is 0 Å². The molecule has 1 N–H and O–H groups in total. The van der Waals surface area contributed by atoms with Crippen molar-refractivity contribution >= 4 is 46.4 Å². The van der Waals surface area contributed by atoms with Crippen LogP contribution in [0.3, 0.4) is 0 Å². The van der Waals surface area contributed by atoms with E-state index in [1.54, 1.807) is 55.5 Å². The predicted octanol–water partition coefficient (Wildman–Crippen LogP) is 5.06. The van der Waals surface area contributed by atoms with Crippen LogP contribution in [0.15, 0.2) is 63.7 Å². The second-order valence-corrected chi connectivity index (χ2v) is 8.13. The third-order valence-electron chi connectivity index (χ3n) is 4.48. The second kappa shape index (κ2) is 11.5. The van der Waals surface area contributed by atoms with Crippen LogP contribution in [0.2, 0.25) is 5.02 Å². The standard InChI is InChI=1S/C25H20ClNO6S/c1-4-12-33-19-11-6-15(13-18(19)26)14-20-22(28)21(25(30)32-5-2)24(34-20)27-23(29)16-7-9-17(31-3)10-8-16/h1,6-11,13-14,28H,5,12H2,2-3H3/b20-14+,27-24?. The Labute approximate surface area is 206 Å². The first-order valence-corrected chi connectivity index (χ1v) is 11.2. The van der Waals surface area contributed by atoms with Crippen molar-refractivity contribution in [2.75, 3.05) is 20.3 Å². The highest BCUT2D eigenvalue weighted by atomic mass is 35.5. The van der Waals surface area contributed by atoms with E-state index in [0.717, 1.165) is 11.8 Å². The number of ether oxygens (including phenoxy) is 3. The van der Waals surface area contributed by atoms with Crippen LogP contribution in [0.25, 0.3) is 6.08 Å². The van der Waals surface area contributed by atoms with Gasteiger partial charge in [0.05, 0.1) is 23.6 Å². The summed E-state index contributed by atoms with van der Waals surface area (Å²) in [6, 6.07) is 11.3. The molecule has 1 heterocycles. The number of aliphatic imine (C=N–C) groups is 1. The summed E-state index contributed by atoms with van der Waals surface area (Å²) in [5.41, 5.74) is 0.737. The molecule has 0 aliphatic carbocycles. The summed E-state index contributed by atoms with van der Waals surface area (Å²) in [6.45, 7) is 1.80. The van der Waals surface area contributed by atoms with Gasteiger partial charge in [0.1, 0.15) is 34.5 Å². The molecule has 0 atom stereocenters. The summed E-state index contributed by atoms with van der Waals surface area (Å²) in [6.07, 6.45) is 6.80. The van der Waals surface area contributed by atoms with Crippen molar-refractivity contribution in [3.05, 3.63) is 74.9 Å². The molecule has 0 bridgehead atoms. The molecular formula is C25H20ClNO6S. The molecule has 9 heteroatoms. The minimum atomic E-state index is -0.784. The van der Waals surface area contributed by atoms with Gasteiger partial charge < -0.3 is 19.3 Å². The minimum absolute atomic E-state index is 0.0306. The molecule has 1 aliphatic rings. The summed E-state index contributed by atoms with van der Waals surface area (Å²) in [5.74, 6) is 1.66. The van der Waals surface area contributed by atoms with Crippen LogP contribution in [0.1, 0.15) is 22.8 Å². The van der Waals surface area contributed by atoms with Gasteiger partial charge in [0.15, 0.2) is 0 Å². The highest BCUT2D eigenvalue weighted by Crippen LogP contribution is 2.40. The molecule has 2 aromatic rings. The zero-order valence-electron chi connectivity index (χ0n) is 18.3. The zero-order valence-corrected chi connectivity index (χ0v) is 19.9. The number of aliphatic hydroxyl groups is 1. The number of carbonyl (C=O) groups excluding carboxylic acids is 2. The van der Waals surface area contributed by atoms with E-state index >= 15 is 0 Å². The van der Waals surface area contributed by atoms with E-state index in [9.17, 15) is 14.7 Å². The Bertz CT molecular complexity index is 1240. The van der Waals surface area contributed by atoms with Crippen molar-refractivity contribution in [2.24, 2.45) is 4.99 Å². The normalized spacial score (nSPS) is 15.4. The van der Waals surface area contributed by atoms with E-state index in [0.29, 0.717) is 32.6 Å². The average molecular weight is 498 g/mol. The molecule has 0 unspecified atom stereocenters. The maximum atomic E-state index is 12.7. The lowest BCUT2D eigenvalue weighted by molar-refractivity contribution is -0.138. The molecule has 2 aromatic carbocycles. The Kier molecular flexibility index (Phi) is 8.41. The van der Waals surface area contributed by atoms with Crippen LogP contribution >= 0.6 is 23.4 Å². The maximum absolute atomic E-state index is 12.7. The largest absolute Gasteiger partial charge is 0.506 e. The van der Waals surface area contributed by atoms with E-state index in [-0.39, 0.29) is 29.6 Å². The van der Waals surface area contributed by atoms with E-state index < -0.39 is 11.9 Å². The number of carbonyl (C=O) groups is 2. The molecule has 0 radical (unpaired) electrons. The van der Waals surface area contributed by atoms with Crippen molar-refractivity contribution in [3.8, 4) is 23.8 Å². The van der Waals surface area contributed by atoms with Gasteiger partial charge in [-0.3, -0.25) is 4.79 Å². The smallest absolute Gasteiger partial charge is 0.344 e. The Morgan fingerprint density at radius 3 is 2.59 bits per heavy atom. The molecule has 7 nitrogen and oxygen atoms in total. The molecule has 3 rings (SSSR count). The van der Waals surface area contributed by atoms with Gasteiger partial charge in [-0.05, 0) is 55.0 Å². The molecule has 0 saturated heterocycles. The SMILES string of the molecule is C#CCOc1ccc(/C=C2/SC(=NC(=O)c3ccc(OC)cc3)C(C(=O)OCC)=C2O)cc1Cl. The van der Waals surface area contributed by atoms with Gasteiger partial charge >= 0.3 is 5.97 Å². The van der Waals surface area contributed by atoms with Crippen molar-refractivity contribution in [2.45, 2.75) is 6.92 Å². The molecule has 0 saturated carbocycles. The third kappa shape index (κ3) is 5.81. The summed E-state index contributed by atoms with van der Waals surface area (Å²) in [4.78, 5) is 29.6. The number of esters is 1. The van der Waals surface area contributed by atoms with Crippen LogP contribution in [0.5, 0.6) is 11.5 Å². The fraction of sp³-hybridized carbons (Fsp3) is 0.160. The number of amides is 1. The first-order valence-electron chi connectivity index (χ1n) is 10.0. The summed E-state index contributed by atoms with van der Waals surface area (Å²) in [5, 5.41) is 11.1. The molecule has 0 aromatic heterocycles. The average Bonchev–Trinajstić information content (AvgIpc) is 3.13. The lowest BCUT2D eigenvalue weighted by Crippen LogP contribution is -2.14. The van der Waals surface area contributed by atoms with Gasteiger partial charge in [-0.25, -0.2) is 9.79 Å². The topological polar surface area (TPSA) is 94.4 Å². The predicted molar refractivity (Wildman–Crippen MR) is 132 cm³/mol. The fourth-order valence-corrected chi connectivity index (χ4v) is 4.13. The molecule has 0 spiro atoms. The lowest BCUT2D eigenvalue weighted by atomic mass is 10.1. The van der Waals surface area contributed by atoms with Crippen LogP contribution in [0, 0.1) is 12.3 Å². The molecule has 174 valence electrons. The summed E-state index contributed by atoms with van der Waals surface area (Å²) < 4.78 is 15.5. The molecule has 1 aliphatic heterocycles. The van der Waals surface area contributed by atoms with Crippen LogP contribution < -0.4 is 9.47 Å². The first kappa shape index (κ1) is 25.0. The lowest BCUT2D eigenvalue weighted by Gasteiger charge is -2.06. The highest BCUT2D eigenvalue weighted by molar-refractivity contribution is 8.18. The summed E-state index contributed by atoms with van der Waals surface area (Å²) in [7, 11) is 1.52. The van der Waals surface area contributed by atoms with Crippen molar-refractivity contribution in [1.29, 1.82) is 0 Å². The van der Waals surface area contributed by atoms with E-state index in [1.165, 1.54) is 7.11 Å². The number of hydrogen-bond donors (Lipinski definition) is 1. The number of nitrogens with zero attached hydrogens (tertiary/aromatic N) is 1. The van der Waals surface area contributed by atoms with E-state index in [2.05, 4.69) is 10.9 Å². The number of methoxy groups -OCH3 is 1. The molecule has 0 fully saturated rings. The maximum Gasteiger partial charge on any atom is 0.344 e. The fourth-order valence-electron chi connectivity index (χ4n) is 2.88. The Balaban J connectivity index is 1.95. The van der Waals surface area contributed by atoms with Crippen LogP contribution in [-0.2, 0) is 9.53 Å². The molecule has 1 amide bonds. The van der Waals surface area contributed by atoms with E-state index in [4.69, 9.17) is 32.2 Å². The van der Waals surface area contributed by atoms with Crippen LogP contribution in [0.4, 0.5) is 0 Å². The minimum Gasteiger partial charge on any atom is -0.506 e. The second-order valence-electron chi connectivity index (χ2n) is 6.69. The number of halogens is 1. The third-order valence-corrected chi connectivity index (χ3v) is 5.79. The van der Waals surface area contributed by atoms with Crippen molar-refractivity contribution in [3.63, 3.8) is 0 Å². The van der Waals surface area contributed by atoms with Gasteiger partial charge in [0, 0.05) is 5.56 Å². The zero-order chi connectivity index (χ0) is 24.7. The number of hydrogen-bond acceptors (Lipinski definition) is 7. The number of benzene rings is 2. The highest BCUT2D eigenvalue weighted by Gasteiger charge is 2.34. The number of aliphatic hydroxyl groups excluding tert-OH is 1. The summed E-state index contributed by atoms with van der Waals surface area (Å²) >= 11 is 7.21. The number of thioether (sulfide) groups is 1. The monoisotopic (exact) mass is 497 g/mol. The van der Waals surface area contributed by atoms with Crippen LogP contribution in [-0.4, -0.2) is 42.4 Å². The van der Waals surface area contributed by atoms with E-state index in [1.807, 2.05) is 0 Å². The van der Waals surface area contributed by atoms with Gasteiger partial charge in [0.25, 0.3) is 5.91 Å². The molecule has 34 heavy (non-hydrogen) atoms. The van der Waals surface area contributed by atoms with Gasteiger partial charge in [-0.15, -0.1) is 6.42 Å². The van der Waals surface area contributed by atoms with Gasteiger partial charge in [-0.1, -0.05) is 35.3 Å². The van der Waals surface area contributed by atoms with Gasteiger partial charge in [0.2, 0.25) is 0 Å². The van der Waals surface area contributed by atoms with Crippen molar-refractivity contribution in [1.82, 2.24) is 0 Å². The number of rotatable bonds is 7. The Hall–Kier alpha value is -3.67. The Morgan fingerprint density at radius 2 is 1.97 bits per heavy atom. The first-order chi connectivity index (χ1) is 16.4. The Morgan fingerprint density at radius 1 is 1.24 bits per heavy atom. The quantitative estimate of drug-likeness (QED) is 0.422. The number of terminal acetylenes is 1. The molecular weight excluding hydrogens is 478 g/mol. The van der Waals surface area contributed by atoms with Crippen molar-refractivity contribution < 1.29 is 28.9 Å².